The number of benzene rings is 2. The first-order chi connectivity index (χ1) is 11.4. The van der Waals surface area contributed by atoms with Gasteiger partial charge in [-0.3, -0.25) is 0 Å². The summed E-state index contributed by atoms with van der Waals surface area (Å²) < 4.78 is 32.2. The second-order valence-corrected chi connectivity index (χ2v) is 7.06. The molecule has 0 aromatic heterocycles. The summed E-state index contributed by atoms with van der Waals surface area (Å²) in [5, 5.41) is 19.5. The smallest absolute Gasteiger partial charge is 0.240 e. The third kappa shape index (κ3) is 4.19. The lowest BCUT2D eigenvalue weighted by molar-refractivity contribution is -0.0310. The third-order valence-electron chi connectivity index (χ3n) is 3.54. The van der Waals surface area contributed by atoms with E-state index < -0.39 is 15.6 Å². The molecule has 0 radical (unpaired) electrons. The molecule has 0 saturated carbocycles. The lowest BCUT2D eigenvalue weighted by Gasteiger charge is -2.28. The largest absolute Gasteiger partial charge is 0.381 e. The minimum absolute atomic E-state index is 0.0225. The van der Waals surface area contributed by atoms with Gasteiger partial charge in [-0.2, -0.15) is 5.26 Å². The van der Waals surface area contributed by atoms with Crippen LogP contribution in [0.1, 0.15) is 11.1 Å². The summed E-state index contributed by atoms with van der Waals surface area (Å²) in [6.45, 7) is -0.305. The van der Waals surface area contributed by atoms with Crippen molar-refractivity contribution in [1.29, 1.82) is 5.26 Å². The van der Waals surface area contributed by atoms with Crippen LogP contribution in [0.25, 0.3) is 0 Å². The Balaban J connectivity index is 2.20. The zero-order valence-corrected chi connectivity index (χ0v) is 14.0. The van der Waals surface area contributed by atoms with Crippen molar-refractivity contribution in [2.45, 2.75) is 10.5 Å². The molecule has 0 fully saturated rings. The van der Waals surface area contributed by atoms with Crippen LogP contribution in [0.2, 0.25) is 0 Å². The van der Waals surface area contributed by atoms with E-state index in [1.54, 1.807) is 30.3 Å². The Kier molecular flexibility index (Phi) is 5.70. The van der Waals surface area contributed by atoms with Gasteiger partial charge in [-0.15, -0.1) is 0 Å². The van der Waals surface area contributed by atoms with Crippen LogP contribution in [0.15, 0.2) is 59.5 Å². The molecule has 2 rings (SSSR count). The Morgan fingerprint density at radius 3 is 2.33 bits per heavy atom. The average Bonchev–Trinajstić information content (AvgIpc) is 2.61. The van der Waals surface area contributed by atoms with Crippen LogP contribution in [0.5, 0.6) is 0 Å². The highest BCUT2D eigenvalue weighted by atomic mass is 32.2. The number of sulfonamides is 1. The molecule has 24 heavy (non-hydrogen) atoms. The number of aliphatic hydroxyl groups is 1. The fourth-order valence-corrected chi connectivity index (χ4v) is 3.32. The van der Waals surface area contributed by atoms with Crippen LogP contribution in [0.3, 0.4) is 0 Å². The first-order valence-electron chi connectivity index (χ1n) is 7.18. The number of nitriles is 1. The highest BCUT2D eigenvalue weighted by Gasteiger charge is 2.31. The summed E-state index contributed by atoms with van der Waals surface area (Å²) in [6, 6.07) is 16.2. The molecule has 0 heterocycles. The molecular weight excluding hydrogens is 328 g/mol. The number of hydrogen-bond acceptors (Lipinski definition) is 5. The monoisotopic (exact) mass is 346 g/mol. The number of hydrogen-bond donors (Lipinski definition) is 2. The lowest BCUT2D eigenvalue weighted by Crippen LogP contribution is -2.43. The van der Waals surface area contributed by atoms with E-state index in [9.17, 15) is 13.5 Å². The van der Waals surface area contributed by atoms with Crippen molar-refractivity contribution in [2.75, 3.05) is 20.3 Å². The number of nitrogens with one attached hydrogen (secondary N) is 1. The minimum atomic E-state index is -3.82. The quantitative estimate of drug-likeness (QED) is 0.789. The van der Waals surface area contributed by atoms with Crippen LogP contribution < -0.4 is 4.72 Å². The van der Waals surface area contributed by atoms with E-state index >= 15 is 0 Å². The summed E-state index contributed by atoms with van der Waals surface area (Å²) >= 11 is 0. The highest BCUT2D eigenvalue weighted by Crippen LogP contribution is 2.21. The van der Waals surface area contributed by atoms with E-state index in [1.807, 2.05) is 6.07 Å². The predicted octanol–water partition coefficient (Wildman–Crippen LogP) is 1.37. The van der Waals surface area contributed by atoms with Gasteiger partial charge < -0.3 is 9.84 Å². The fourth-order valence-electron chi connectivity index (χ4n) is 2.23. The van der Waals surface area contributed by atoms with Crippen LogP contribution in [-0.2, 0) is 20.4 Å². The summed E-state index contributed by atoms with van der Waals surface area (Å²) in [5.41, 5.74) is -0.570. The molecule has 0 amide bonds. The van der Waals surface area contributed by atoms with E-state index in [2.05, 4.69) is 4.72 Å². The molecule has 126 valence electrons. The maximum absolute atomic E-state index is 12.4. The van der Waals surface area contributed by atoms with Crippen LogP contribution >= 0.6 is 0 Å². The van der Waals surface area contributed by atoms with Gasteiger partial charge in [0, 0.05) is 13.7 Å². The molecule has 6 nitrogen and oxygen atoms in total. The molecule has 0 aliphatic carbocycles. The number of ether oxygens (including phenoxy) is 1. The molecule has 0 bridgehead atoms. The first-order valence-corrected chi connectivity index (χ1v) is 8.66. The van der Waals surface area contributed by atoms with Gasteiger partial charge in [0.25, 0.3) is 0 Å². The number of rotatable bonds is 7. The molecule has 2 aromatic rings. The Bertz CT molecular complexity index is 814. The van der Waals surface area contributed by atoms with Crippen molar-refractivity contribution < 1.29 is 18.3 Å². The van der Waals surface area contributed by atoms with Gasteiger partial charge in [-0.05, 0) is 29.8 Å². The normalized spacial score (nSPS) is 13.9. The molecule has 0 saturated heterocycles. The fraction of sp³-hybridized carbons (Fsp3) is 0.235. The summed E-state index contributed by atoms with van der Waals surface area (Å²) in [5.74, 6) is 0. The first kappa shape index (κ1) is 18.1. The third-order valence-corrected chi connectivity index (χ3v) is 4.96. The van der Waals surface area contributed by atoms with Gasteiger partial charge >= 0.3 is 0 Å². The van der Waals surface area contributed by atoms with Gasteiger partial charge in [-0.1, -0.05) is 30.3 Å². The summed E-state index contributed by atoms with van der Waals surface area (Å²) in [4.78, 5) is 0.0225. The maximum atomic E-state index is 12.4. The standard InChI is InChI=1S/C17H18N2O4S/c1-23-13-17(20,15-5-3-2-4-6-15)12-19-24(21,22)16-9-7-14(11-18)8-10-16/h2-10,19-20H,12-13H2,1H3/t17-/m0/s1. The molecule has 1 atom stereocenters. The van der Waals surface area contributed by atoms with Crippen molar-refractivity contribution >= 4 is 10.0 Å². The zero-order chi connectivity index (χ0) is 17.6. The maximum Gasteiger partial charge on any atom is 0.240 e. The summed E-state index contributed by atoms with van der Waals surface area (Å²) in [7, 11) is -2.39. The average molecular weight is 346 g/mol. The molecule has 7 heteroatoms. The van der Waals surface area contributed by atoms with Crippen LogP contribution in [0, 0.1) is 11.3 Å². The van der Waals surface area contributed by atoms with Crippen molar-refractivity contribution in [2.24, 2.45) is 0 Å². The Labute approximate surface area is 141 Å². The molecule has 0 unspecified atom stereocenters. The van der Waals surface area contributed by atoms with Gasteiger partial charge in [0.2, 0.25) is 10.0 Å². The SMILES string of the molecule is COC[C@@](O)(CNS(=O)(=O)c1ccc(C#N)cc1)c1ccccc1. The number of methoxy groups -OCH3 is 1. The summed E-state index contributed by atoms with van der Waals surface area (Å²) in [6.07, 6.45) is 0. The van der Waals surface area contributed by atoms with Gasteiger partial charge in [0.05, 0.1) is 23.1 Å². The molecule has 0 spiro atoms. The molecule has 0 aliphatic rings. The second kappa shape index (κ2) is 7.55. The van der Waals surface area contributed by atoms with Gasteiger partial charge in [0.1, 0.15) is 5.60 Å². The minimum Gasteiger partial charge on any atom is -0.381 e. The van der Waals surface area contributed by atoms with Crippen molar-refractivity contribution in [3.63, 3.8) is 0 Å². The van der Waals surface area contributed by atoms with E-state index in [0.717, 1.165) is 0 Å². The Morgan fingerprint density at radius 1 is 1.17 bits per heavy atom. The second-order valence-electron chi connectivity index (χ2n) is 5.29. The van der Waals surface area contributed by atoms with Gasteiger partial charge in [0.15, 0.2) is 0 Å². The highest BCUT2D eigenvalue weighted by molar-refractivity contribution is 7.89. The Morgan fingerprint density at radius 2 is 1.79 bits per heavy atom. The predicted molar refractivity (Wildman–Crippen MR) is 88.6 cm³/mol. The van der Waals surface area contributed by atoms with E-state index in [-0.39, 0.29) is 18.0 Å². The molecule has 2 N–H and O–H groups in total. The molecule has 2 aromatic carbocycles. The zero-order valence-electron chi connectivity index (χ0n) is 13.1. The van der Waals surface area contributed by atoms with E-state index in [1.165, 1.54) is 31.4 Å². The van der Waals surface area contributed by atoms with Crippen molar-refractivity contribution in [3.8, 4) is 6.07 Å². The van der Waals surface area contributed by atoms with Gasteiger partial charge in [-0.25, -0.2) is 13.1 Å². The van der Waals surface area contributed by atoms with E-state index in [0.29, 0.717) is 11.1 Å². The Hall–Kier alpha value is -2.24. The van der Waals surface area contributed by atoms with Crippen molar-refractivity contribution in [1.82, 2.24) is 4.72 Å². The van der Waals surface area contributed by atoms with Crippen molar-refractivity contribution in [3.05, 3.63) is 65.7 Å². The molecule has 0 aliphatic heterocycles. The number of nitrogens with zero attached hydrogens (tertiary/aromatic N) is 1. The van der Waals surface area contributed by atoms with Crippen LogP contribution in [-0.4, -0.2) is 33.8 Å². The molecular formula is C17H18N2O4S. The van der Waals surface area contributed by atoms with Crippen LogP contribution in [0.4, 0.5) is 0 Å². The lowest BCUT2D eigenvalue weighted by atomic mass is 9.95. The van der Waals surface area contributed by atoms with E-state index in [4.69, 9.17) is 10.00 Å². The topological polar surface area (TPSA) is 99.4 Å².